The predicted octanol–water partition coefficient (Wildman–Crippen LogP) is 1.52. The molecule has 2 fully saturated rings. The van der Waals surface area contributed by atoms with Crippen molar-refractivity contribution < 1.29 is 9.15 Å². The van der Waals surface area contributed by atoms with Gasteiger partial charge in [-0.05, 0) is 25.7 Å². The molecule has 0 amide bonds. The summed E-state index contributed by atoms with van der Waals surface area (Å²) in [6, 6.07) is 0.158. The van der Waals surface area contributed by atoms with Crippen LogP contribution in [-0.4, -0.2) is 22.8 Å². The van der Waals surface area contributed by atoms with E-state index >= 15 is 0 Å². The molecule has 3 rings (SSSR count). The van der Waals surface area contributed by atoms with Crippen LogP contribution in [0.1, 0.15) is 55.9 Å². The van der Waals surface area contributed by atoms with Gasteiger partial charge in [0.25, 0.3) is 0 Å². The van der Waals surface area contributed by atoms with Crippen molar-refractivity contribution in [1.82, 2.24) is 10.2 Å². The molecule has 0 unspecified atom stereocenters. The summed E-state index contributed by atoms with van der Waals surface area (Å²) < 4.78 is 11.3. The zero-order chi connectivity index (χ0) is 11.0. The molecule has 2 aliphatic rings. The van der Waals surface area contributed by atoms with Crippen LogP contribution in [0.4, 0.5) is 0 Å². The summed E-state index contributed by atoms with van der Waals surface area (Å²) in [6.07, 6.45) is 5.44. The molecule has 0 radical (unpaired) electrons. The van der Waals surface area contributed by atoms with Crippen molar-refractivity contribution in [3.05, 3.63) is 11.8 Å². The van der Waals surface area contributed by atoms with Crippen LogP contribution in [0, 0.1) is 0 Å². The summed E-state index contributed by atoms with van der Waals surface area (Å²) in [6.45, 7) is 0.589. The lowest BCUT2D eigenvalue weighted by atomic mass is 9.85. The molecule has 1 aromatic heterocycles. The van der Waals surface area contributed by atoms with Gasteiger partial charge >= 0.3 is 0 Å². The molecule has 5 heteroatoms. The first-order chi connectivity index (χ1) is 7.83. The Morgan fingerprint density at radius 3 is 2.50 bits per heavy atom. The third-order valence-electron chi connectivity index (χ3n) is 3.50. The molecule has 1 aliphatic heterocycles. The lowest BCUT2D eigenvalue weighted by Crippen LogP contribution is -2.32. The van der Waals surface area contributed by atoms with Crippen molar-refractivity contribution in [2.24, 2.45) is 5.73 Å². The smallest absolute Gasteiger partial charge is 0.245 e. The maximum Gasteiger partial charge on any atom is 0.245 e. The SMILES string of the molecule is N[C@@H]1CC[C@@H](c2nnc(C3CCC3)o2)OC1. The summed E-state index contributed by atoms with van der Waals surface area (Å²) in [5, 5.41) is 8.19. The fraction of sp³-hybridized carbons (Fsp3) is 0.818. The zero-order valence-electron chi connectivity index (χ0n) is 9.26. The lowest BCUT2D eigenvalue weighted by Gasteiger charge is -2.24. The second-order valence-electron chi connectivity index (χ2n) is 4.77. The number of nitrogens with two attached hydrogens (primary N) is 1. The maximum absolute atomic E-state index is 5.77. The van der Waals surface area contributed by atoms with E-state index < -0.39 is 0 Å². The number of rotatable bonds is 2. The Hall–Kier alpha value is -0.940. The Kier molecular flexibility index (Phi) is 2.65. The van der Waals surface area contributed by atoms with E-state index in [0.717, 1.165) is 18.7 Å². The normalized spacial score (nSPS) is 31.3. The molecule has 2 heterocycles. The highest BCUT2D eigenvalue weighted by Crippen LogP contribution is 2.36. The van der Waals surface area contributed by atoms with Gasteiger partial charge in [-0.25, -0.2) is 0 Å². The van der Waals surface area contributed by atoms with Crippen LogP contribution in [0.2, 0.25) is 0 Å². The van der Waals surface area contributed by atoms with Crippen molar-refractivity contribution >= 4 is 0 Å². The molecule has 1 aromatic rings. The quantitative estimate of drug-likeness (QED) is 0.822. The standard InChI is InChI=1S/C11H17N3O2/c12-8-4-5-9(15-6-8)11-14-13-10(16-11)7-2-1-3-7/h7-9H,1-6,12H2/t8-,9+/m1/s1. The Labute approximate surface area is 94.4 Å². The highest BCUT2D eigenvalue weighted by Gasteiger charge is 2.29. The van der Waals surface area contributed by atoms with E-state index in [9.17, 15) is 0 Å². The molecular weight excluding hydrogens is 206 g/mol. The number of nitrogens with zero attached hydrogens (tertiary/aromatic N) is 2. The van der Waals surface area contributed by atoms with Gasteiger partial charge in [0.05, 0.1) is 6.61 Å². The number of aromatic nitrogens is 2. The van der Waals surface area contributed by atoms with Gasteiger partial charge in [-0.3, -0.25) is 0 Å². The van der Waals surface area contributed by atoms with Crippen LogP contribution in [-0.2, 0) is 4.74 Å². The van der Waals surface area contributed by atoms with Crippen LogP contribution in [0.5, 0.6) is 0 Å². The van der Waals surface area contributed by atoms with Crippen molar-refractivity contribution in [2.45, 2.75) is 50.2 Å². The van der Waals surface area contributed by atoms with Gasteiger partial charge in [-0.2, -0.15) is 0 Å². The third kappa shape index (κ3) is 1.85. The lowest BCUT2D eigenvalue weighted by molar-refractivity contribution is -0.0122. The van der Waals surface area contributed by atoms with Gasteiger partial charge in [-0.1, -0.05) is 6.42 Å². The predicted molar refractivity (Wildman–Crippen MR) is 56.8 cm³/mol. The Morgan fingerprint density at radius 1 is 1.06 bits per heavy atom. The van der Waals surface area contributed by atoms with Crippen LogP contribution in [0.3, 0.4) is 0 Å². The Balaban J connectivity index is 1.67. The summed E-state index contributed by atoms with van der Waals surface area (Å²) in [5.41, 5.74) is 5.77. The van der Waals surface area contributed by atoms with Crippen LogP contribution >= 0.6 is 0 Å². The Bertz CT molecular complexity index is 354. The molecule has 0 bridgehead atoms. The van der Waals surface area contributed by atoms with Crippen LogP contribution < -0.4 is 5.73 Å². The highest BCUT2D eigenvalue weighted by atomic mass is 16.5. The van der Waals surface area contributed by atoms with E-state index in [0.29, 0.717) is 18.4 Å². The fourth-order valence-corrected chi connectivity index (χ4v) is 2.16. The summed E-state index contributed by atoms with van der Waals surface area (Å²) in [7, 11) is 0. The van der Waals surface area contributed by atoms with Crippen molar-refractivity contribution in [3.8, 4) is 0 Å². The van der Waals surface area contributed by atoms with E-state index in [2.05, 4.69) is 10.2 Å². The first-order valence-electron chi connectivity index (χ1n) is 6.03. The van der Waals surface area contributed by atoms with E-state index in [1.807, 2.05) is 0 Å². The molecule has 5 nitrogen and oxygen atoms in total. The molecule has 1 saturated carbocycles. The van der Waals surface area contributed by atoms with Crippen LogP contribution in [0.15, 0.2) is 4.42 Å². The van der Waals surface area contributed by atoms with E-state index in [1.165, 1.54) is 19.3 Å². The molecule has 16 heavy (non-hydrogen) atoms. The second-order valence-corrected chi connectivity index (χ2v) is 4.77. The molecule has 1 saturated heterocycles. The molecule has 0 aromatic carbocycles. The fourth-order valence-electron chi connectivity index (χ4n) is 2.16. The molecule has 0 spiro atoms. The zero-order valence-corrected chi connectivity index (χ0v) is 9.26. The molecule has 88 valence electrons. The van der Waals surface area contributed by atoms with Gasteiger partial charge in [0.1, 0.15) is 6.10 Å². The van der Waals surface area contributed by atoms with E-state index in [1.54, 1.807) is 0 Å². The van der Waals surface area contributed by atoms with Gasteiger partial charge in [0.15, 0.2) is 0 Å². The van der Waals surface area contributed by atoms with Gasteiger partial charge in [0, 0.05) is 12.0 Å². The first-order valence-corrected chi connectivity index (χ1v) is 6.03. The minimum Gasteiger partial charge on any atom is -0.422 e. The largest absolute Gasteiger partial charge is 0.422 e. The average Bonchev–Trinajstić information content (AvgIpc) is 2.65. The summed E-state index contributed by atoms with van der Waals surface area (Å²) in [4.78, 5) is 0. The first kappa shape index (κ1) is 10.2. The average molecular weight is 223 g/mol. The van der Waals surface area contributed by atoms with Gasteiger partial charge < -0.3 is 14.9 Å². The molecule has 1 aliphatic carbocycles. The molecular formula is C11H17N3O2. The topological polar surface area (TPSA) is 74.2 Å². The van der Waals surface area contributed by atoms with Gasteiger partial charge in [-0.15, -0.1) is 10.2 Å². The minimum atomic E-state index is -0.0406. The number of hydrogen-bond donors (Lipinski definition) is 1. The van der Waals surface area contributed by atoms with Crippen molar-refractivity contribution in [3.63, 3.8) is 0 Å². The monoisotopic (exact) mass is 223 g/mol. The Morgan fingerprint density at radius 2 is 1.88 bits per heavy atom. The number of hydrogen-bond acceptors (Lipinski definition) is 5. The molecule has 2 N–H and O–H groups in total. The van der Waals surface area contributed by atoms with E-state index in [4.69, 9.17) is 14.9 Å². The maximum atomic E-state index is 5.77. The van der Waals surface area contributed by atoms with Crippen molar-refractivity contribution in [1.29, 1.82) is 0 Å². The minimum absolute atomic E-state index is 0.0406. The van der Waals surface area contributed by atoms with Crippen LogP contribution in [0.25, 0.3) is 0 Å². The summed E-state index contributed by atoms with van der Waals surface area (Å²) >= 11 is 0. The second kappa shape index (κ2) is 4.14. The molecule has 2 atom stereocenters. The highest BCUT2D eigenvalue weighted by molar-refractivity contribution is 4.98. The van der Waals surface area contributed by atoms with E-state index in [-0.39, 0.29) is 12.1 Å². The third-order valence-corrected chi connectivity index (χ3v) is 3.50. The number of ether oxygens (including phenoxy) is 1. The summed E-state index contributed by atoms with van der Waals surface area (Å²) in [5.74, 6) is 1.92. The van der Waals surface area contributed by atoms with Gasteiger partial charge in [0.2, 0.25) is 11.8 Å². The van der Waals surface area contributed by atoms with Crippen molar-refractivity contribution in [2.75, 3.05) is 6.61 Å².